The second-order valence-electron chi connectivity index (χ2n) is 7.24. The Kier molecular flexibility index (Phi) is 5.52. The Morgan fingerprint density at radius 1 is 1.38 bits per heavy atom. The molecule has 0 aromatic carbocycles. The lowest BCUT2D eigenvalue weighted by Gasteiger charge is -2.28. The van der Waals surface area contributed by atoms with Gasteiger partial charge in [-0.1, -0.05) is 0 Å². The monoisotopic (exact) mass is 353 g/mol. The molecule has 0 bridgehead atoms. The second kappa shape index (κ2) is 7.09. The van der Waals surface area contributed by atoms with E-state index in [4.69, 9.17) is 4.74 Å². The lowest BCUT2D eigenvalue weighted by Crippen LogP contribution is -2.48. The molecule has 2 atom stereocenters. The molecule has 6 nitrogen and oxygen atoms in total. The van der Waals surface area contributed by atoms with E-state index in [1.54, 1.807) is 11.3 Å². The number of aromatic nitrogens is 1. The van der Waals surface area contributed by atoms with Crippen molar-refractivity contribution in [2.24, 2.45) is 0 Å². The number of thiazole rings is 1. The number of carbonyl (C=O) groups excluding carboxylic acids is 2. The fourth-order valence-electron chi connectivity index (χ4n) is 2.90. The van der Waals surface area contributed by atoms with Crippen molar-refractivity contribution in [2.75, 3.05) is 6.54 Å². The zero-order valence-corrected chi connectivity index (χ0v) is 16.1. The van der Waals surface area contributed by atoms with Crippen molar-refractivity contribution in [1.82, 2.24) is 15.2 Å². The van der Waals surface area contributed by atoms with Gasteiger partial charge >= 0.3 is 6.09 Å². The average molecular weight is 353 g/mol. The predicted molar refractivity (Wildman–Crippen MR) is 94.1 cm³/mol. The molecule has 0 radical (unpaired) electrons. The van der Waals surface area contributed by atoms with E-state index < -0.39 is 17.7 Å². The summed E-state index contributed by atoms with van der Waals surface area (Å²) < 4.78 is 5.41. The molecule has 1 fully saturated rings. The summed E-state index contributed by atoms with van der Waals surface area (Å²) in [6.07, 6.45) is 1.06. The van der Waals surface area contributed by atoms with Gasteiger partial charge in [0.05, 0.1) is 16.7 Å². The molecule has 1 aliphatic rings. The van der Waals surface area contributed by atoms with Crippen LogP contribution in [-0.4, -0.2) is 40.1 Å². The molecule has 134 valence electrons. The van der Waals surface area contributed by atoms with E-state index in [-0.39, 0.29) is 11.9 Å². The van der Waals surface area contributed by atoms with Gasteiger partial charge in [0.25, 0.3) is 0 Å². The van der Waals surface area contributed by atoms with Crippen LogP contribution >= 0.6 is 11.3 Å². The maximum atomic E-state index is 12.7. The molecule has 2 amide bonds. The number of hydrogen-bond donors (Lipinski definition) is 1. The third-order valence-electron chi connectivity index (χ3n) is 3.87. The summed E-state index contributed by atoms with van der Waals surface area (Å²) in [6.45, 7) is 11.9. The number of nitrogens with one attached hydrogen (secondary N) is 1. The van der Waals surface area contributed by atoms with Crippen LogP contribution in [0.4, 0.5) is 4.79 Å². The summed E-state index contributed by atoms with van der Waals surface area (Å²) in [5.41, 5.74) is 0.381. The Balaban J connectivity index is 2.03. The van der Waals surface area contributed by atoms with E-state index >= 15 is 0 Å². The van der Waals surface area contributed by atoms with Gasteiger partial charge in [-0.05, 0) is 54.4 Å². The second-order valence-corrected chi connectivity index (χ2v) is 8.48. The molecule has 0 spiro atoms. The topological polar surface area (TPSA) is 71.5 Å². The van der Waals surface area contributed by atoms with E-state index in [1.165, 1.54) is 4.90 Å². The largest absolute Gasteiger partial charge is 0.444 e. The lowest BCUT2D eigenvalue weighted by atomic mass is 10.1. The highest BCUT2D eigenvalue weighted by atomic mass is 32.1. The van der Waals surface area contributed by atoms with Gasteiger partial charge in [-0.3, -0.25) is 9.69 Å². The van der Waals surface area contributed by atoms with Crippen molar-refractivity contribution in [3.8, 4) is 0 Å². The molecule has 24 heavy (non-hydrogen) atoms. The van der Waals surface area contributed by atoms with Crippen LogP contribution in [0.1, 0.15) is 62.2 Å². The van der Waals surface area contributed by atoms with Gasteiger partial charge in [-0.2, -0.15) is 0 Å². The molecule has 2 rings (SSSR count). The van der Waals surface area contributed by atoms with Gasteiger partial charge in [-0.15, -0.1) is 11.3 Å². The molecule has 1 aliphatic heterocycles. The SMILES string of the molecule is Cc1nc(C)c([C@H](C)NC(=O)[C@@H]2CCCN2C(=O)OC(C)(C)C)s1. The van der Waals surface area contributed by atoms with Crippen LogP contribution in [0.5, 0.6) is 0 Å². The number of aryl methyl sites for hydroxylation is 2. The Morgan fingerprint density at radius 2 is 2.04 bits per heavy atom. The maximum Gasteiger partial charge on any atom is 0.410 e. The Labute approximate surface area is 147 Å². The molecule has 1 N–H and O–H groups in total. The minimum absolute atomic E-state index is 0.121. The first kappa shape index (κ1) is 18.7. The van der Waals surface area contributed by atoms with Crippen molar-refractivity contribution in [2.45, 2.75) is 72.1 Å². The van der Waals surface area contributed by atoms with Crippen molar-refractivity contribution in [1.29, 1.82) is 0 Å². The van der Waals surface area contributed by atoms with Crippen molar-refractivity contribution < 1.29 is 14.3 Å². The minimum Gasteiger partial charge on any atom is -0.444 e. The first-order valence-corrected chi connectivity index (χ1v) is 9.14. The number of likely N-dealkylation sites (tertiary alicyclic amines) is 1. The molecule has 2 heterocycles. The highest BCUT2D eigenvalue weighted by Crippen LogP contribution is 2.26. The summed E-state index contributed by atoms with van der Waals surface area (Å²) >= 11 is 1.59. The Hall–Kier alpha value is -1.63. The third kappa shape index (κ3) is 4.47. The van der Waals surface area contributed by atoms with Crippen LogP contribution < -0.4 is 5.32 Å². The molecular weight excluding hydrogens is 326 g/mol. The molecule has 0 saturated carbocycles. The first-order valence-electron chi connectivity index (χ1n) is 8.32. The van der Waals surface area contributed by atoms with Crippen LogP contribution in [0.2, 0.25) is 0 Å². The molecule has 1 aromatic rings. The highest BCUT2D eigenvalue weighted by molar-refractivity contribution is 7.11. The molecule has 0 aliphatic carbocycles. The van der Waals surface area contributed by atoms with Gasteiger partial charge in [0.2, 0.25) is 5.91 Å². The zero-order valence-electron chi connectivity index (χ0n) is 15.3. The first-order chi connectivity index (χ1) is 11.1. The predicted octanol–water partition coefficient (Wildman–Crippen LogP) is 3.34. The summed E-state index contributed by atoms with van der Waals surface area (Å²) in [7, 11) is 0. The highest BCUT2D eigenvalue weighted by Gasteiger charge is 2.37. The van der Waals surface area contributed by atoms with Gasteiger partial charge in [-0.25, -0.2) is 9.78 Å². The third-order valence-corrected chi connectivity index (χ3v) is 5.13. The number of carbonyl (C=O) groups is 2. The van der Waals surface area contributed by atoms with E-state index in [0.717, 1.165) is 22.0 Å². The van der Waals surface area contributed by atoms with E-state index in [0.29, 0.717) is 13.0 Å². The molecule has 1 saturated heterocycles. The van der Waals surface area contributed by atoms with Crippen molar-refractivity contribution in [3.63, 3.8) is 0 Å². The van der Waals surface area contributed by atoms with Crippen LogP contribution in [0.25, 0.3) is 0 Å². The fraction of sp³-hybridized carbons (Fsp3) is 0.706. The normalized spacial score (nSPS) is 19.2. The van der Waals surface area contributed by atoms with Gasteiger partial charge < -0.3 is 10.1 Å². The average Bonchev–Trinajstić information content (AvgIpc) is 3.03. The van der Waals surface area contributed by atoms with Crippen LogP contribution in [0.3, 0.4) is 0 Å². The van der Waals surface area contributed by atoms with Crippen LogP contribution in [-0.2, 0) is 9.53 Å². The Morgan fingerprint density at radius 3 is 2.58 bits per heavy atom. The summed E-state index contributed by atoms with van der Waals surface area (Å²) in [6, 6.07) is -0.582. The summed E-state index contributed by atoms with van der Waals surface area (Å²) in [4.78, 5) is 32.0. The van der Waals surface area contributed by atoms with Gasteiger partial charge in [0, 0.05) is 11.4 Å². The number of ether oxygens (including phenoxy) is 1. The zero-order chi connectivity index (χ0) is 18.1. The van der Waals surface area contributed by atoms with Crippen molar-refractivity contribution >= 4 is 23.3 Å². The quantitative estimate of drug-likeness (QED) is 0.905. The number of nitrogens with zero attached hydrogens (tertiary/aromatic N) is 2. The minimum atomic E-state index is -0.564. The number of hydrogen-bond acceptors (Lipinski definition) is 5. The van der Waals surface area contributed by atoms with E-state index in [2.05, 4.69) is 10.3 Å². The number of rotatable bonds is 3. The molecule has 1 aromatic heterocycles. The smallest absolute Gasteiger partial charge is 0.410 e. The Bertz CT molecular complexity index is 621. The van der Waals surface area contributed by atoms with Gasteiger partial charge in [0.1, 0.15) is 11.6 Å². The van der Waals surface area contributed by atoms with Crippen LogP contribution in [0, 0.1) is 13.8 Å². The molecule has 7 heteroatoms. The standard InChI is InChI=1S/C17H27N3O3S/c1-10-14(24-12(3)18-10)11(2)19-15(21)13-8-7-9-20(13)16(22)23-17(4,5)6/h11,13H,7-9H2,1-6H3,(H,19,21)/t11-,13-/m0/s1. The lowest BCUT2D eigenvalue weighted by molar-refractivity contribution is -0.126. The van der Waals surface area contributed by atoms with E-state index in [1.807, 2.05) is 41.5 Å². The molecular formula is C17H27N3O3S. The maximum absolute atomic E-state index is 12.7. The van der Waals surface area contributed by atoms with Crippen molar-refractivity contribution in [3.05, 3.63) is 15.6 Å². The van der Waals surface area contributed by atoms with Gasteiger partial charge in [0.15, 0.2) is 0 Å². The summed E-state index contributed by atoms with van der Waals surface area (Å²) in [5, 5.41) is 4.01. The molecule has 0 unspecified atom stereocenters. The summed E-state index contributed by atoms with van der Waals surface area (Å²) in [5.74, 6) is -0.128. The van der Waals surface area contributed by atoms with Crippen LogP contribution in [0.15, 0.2) is 0 Å². The number of amides is 2. The van der Waals surface area contributed by atoms with E-state index in [9.17, 15) is 9.59 Å². The fourth-order valence-corrected chi connectivity index (χ4v) is 3.83.